The number of amides is 4. The van der Waals surface area contributed by atoms with Crippen molar-refractivity contribution in [1.29, 1.82) is 0 Å². The van der Waals surface area contributed by atoms with Gasteiger partial charge in [-0.25, -0.2) is 4.79 Å². The first-order chi connectivity index (χ1) is 18.5. The Morgan fingerprint density at radius 1 is 0.950 bits per heavy atom. The minimum Gasteiger partial charge on any atom is -0.444 e. The topological polar surface area (TPSA) is 131 Å². The second-order valence-electron chi connectivity index (χ2n) is 12.6. The molecule has 226 valence electrons. The van der Waals surface area contributed by atoms with Gasteiger partial charge >= 0.3 is 6.09 Å². The molecular weight excluding hydrogens is 508 g/mol. The highest BCUT2D eigenvalue weighted by Gasteiger charge is 2.38. The largest absolute Gasteiger partial charge is 0.444 e. The molecule has 2 atom stereocenters. The first-order valence-corrected chi connectivity index (χ1v) is 14.4. The Bertz CT molecular complexity index is 1010. The second-order valence-corrected chi connectivity index (χ2v) is 12.6. The van der Waals surface area contributed by atoms with E-state index in [9.17, 15) is 19.2 Å². The van der Waals surface area contributed by atoms with Crippen LogP contribution in [0.5, 0.6) is 0 Å². The number of aryl methyl sites for hydroxylation is 1. The van der Waals surface area contributed by atoms with Crippen LogP contribution in [0.15, 0.2) is 18.2 Å². The maximum atomic E-state index is 14.2. The van der Waals surface area contributed by atoms with E-state index in [1.165, 1.54) is 4.90 Å². The van der Waals surface area contributed by atoms with Gasteiger partial charge in [0.05, 0.1) is 6.42 Å². The third-order valence-corrected chi connectivity index (χ3v) is 6.43. The van der Waals surface area contributed by atoms with Crippen molar-refractivity contribution in [3.05, 3.63) is 34.9 Å². The molecule has 0 saturated heterocycles. The summed E-state index contributed by atoms with van der Waals surface area (Å²) in [6.07, 6.45) is 4.65. The van der Waals surface area contributed by atoms with E-state index in [2.05, 4.69) is 17.6 Å². The number of rotatable bonds is 14. The molecule has 0 aliphatic carbocycles. The predicted molar refractivity (Wildman–Crippen MR) is 159 cm³/mol. The fourth-order valence-electron chi connectivity index (χ4n) is 4.44. The van der Waals surface area contributed by atoms with Gasteiger partial charge in [-0.05, 0) is 78.5 Å². The van der Waals surface area contributed by atoms with Crippen LogP contribution in [-0.2, 0) is 19.1 Å². The zero-order valence-corrected chi connectivity index (χ0v) is 26.1. The van der Waals surface area contributed by atoms with Crippen LogP contribution in [-0.4, -0.2) is 52.4 Å². The molecule has 1 rings (SSSR count). The number of benzene rings is 1. The SMILES string of the molecule is CCCCCCCCN(C(=O)C(CC(N)=O)NC(=O)OC(C)(C)C)C(C(=O)NC(C)(C)C)c1cccc(C)c1C. The van der Waals surface area contributed by atoms with Gasteiger partial charge in [0.25, 0.3) is 0 Å². The van der Waals surface area contributed by atoms with Gasteiger partial charge in [-0.1, -0.05) is 57.2 Å². The van der Waals surface area contributed by atoms with Gasteiger partial charge in [0.15, 0.2) is 0 Å². The monoisotopic (exact) mass is 560 g/mol. The lowest BCUT2D eigenvalue weighted by Crippen LogP contribution is -2.55. The standard InChI is InChI=1S/C31H52N4O5/c1-10-11-12-13-14-15-19-35(28(38)24(20-25(32)36)33-29(39)40-31(7,8)9)26(27(37)34-30(4,5)6)23-18-16-17-21(2)22(23)3/h16-18,24,26H,10-15,19-20H2,1-9H3,(H2,32,36)(H,33,39)(H,34,37). The predicted octanol–water partition coefficient (Wildman–Crippen LogP) is 5.22. The minimum atomic E-state index is -1.29. The van der Waals surface area contributed by atoms with E-state index in [4.69, 9.17) is 10.5 Å². The number of nitrogens with one attached hydrogen (secondary N) is 2. The highest BCUT2D eigenvalue weighted by atomic mass is 16.6. The maximum absolute atomic E-state index is 14.2. The highest BCUT2D eigenvalue weighted by molar-refractivity contribution is 5.94. The first kappa shape index (κ1) is 34.9. The second kappa shape index (κ2) is 15.6. The molecule has 4 N–H and O–H groups in total. The Morgan fingerprint density at radius 3 is 2.10 bits per heavy atom. The normalized spacial score (nSPS) is 13.2. The number of hydrogen-bond acceptors (Lipinski definition) is 5. The maximum Gasteiger partial charge on any atom is 0.408 e. The van der Waals surface area contributed by atoms with Crippen molar-refractivity contribution < 1.29 is 23.9 Å². The third kappa shape index (κ3) is 12.4. The molecule has 0 saturated carbocycles. The van der Waals surface area contributed by atoms with Crippen LogP contribution in [0.4, 0.5) is 4.79 Å². The molecule has 0 aromatic heterocycles. The number of nitrogens with zero attached hydrogens (tertiary/aromatic N) is 1. The van der Waals surface area contributed by atoms with E-state index < -0.39 is 47.6 Å². The molecule has 9 nitrogen and oxygen atoms in total. The highest BCUT2D eigenvalue weighted by Crippen LogP contribution is 2.29. The van der Waals surface area contributed by atoms with Crippen molar-refractivity contribution in [3.8, 4) is 0 Å². The molecule has 40 heavy (non-hydrogen) atoms. The summed E-state index contributed by atoms with van der Waals surface area (Å²) in [7, 11) is 0. The van der Waals surface area contributed by atoms with Gasteiger partial charge in [0.2, 0.25) is 17.7 Å². The van der Waals surface area contributed by atoms with Gasteiger partial charge in [-0.2, -0.15) is 0 Å². The van der Waals surface area contributed by atoms with E-state index in [1.807, 2.05) is 52.8 Å². The lowest BCUT2D eigenvalue weighted by atomic mass is 9.93. The Labute approximate surface area is 241 Å². The number of alkyl carbamates (subject to hydrolysis) is 1. The van der Waals surface area contributed by atoms with Crippen LogP contribution in [0.3, 0.4) is 0 Å². The molecule has 0 aliphatic heterocycles. The Hall–Kier alpha value is -3.10. The van der Waals surface area contributed by atoms with Gasteiger partial charge in [-0.15, -0.1) is 0 Å². The van der Waals surface area contributed by atoms with Gasteiger partial charge in [-0.3, -0.25) is 14.4 Å². The number of hydrogen-bond donors (Lipinski definition) is 3. The molecule has 0 aliphatic rings. The van der Waals surface area contributed by atoms with E-state index in [0.29, 0.717) is 12.0 Å². The van der Waals surface area contributed by atoms with E-state index >= 15 is 0 Å². The molecular formula is C31H52N4O5. The molecule has 0 heterocycles. The Morgan fingerprint density at radius 2 is 1.55 bits per heavy atom. The summed E-state index contributed by atoms with van der Waals surface area (Å²) in [5, 5.41) is 5.57. The average Bonchev–Trinajstić information content (AvgIpc) is 2.79. The number of carbonyl (C=O) groups excluding carboxylic acids is 4. The van der Waals surface area contributed by atoms with Crippen LogP contribution in [0.25, 0.3) is 0 Å². The fourth-order valence-corrected chi connectivity index (χ4v) is 4.44. The van der Waals surface area contributed by atoms with E-state index in [0.717, 1.165) is 43.2 Å². The number of carbonyl (C=O) groups is 4. The van der Waals surface area contributed by atoms with Crippen LogP contribution in [0.2, 0.25) is 0 Å². The van der Waals surface area contributed by atoms with Crippen molar-refractivity contribution in [1.82, 2.24) is 15.5 Å². The number of nitrogens with two attached hydrogens (primary N) is 1. The molecule has 0 spiro atoms. The molecule has 0 bridgehead atoms. The van der Waals surface area contributed by atoms with Gasteiger partial charge in [0, 0.05) is 12.1 Å². The average molecular weight is 561 g/mol. The number of primary amides is 1. The summed E-state index contributed by atoms with van der Waals surface area (Å²) in [5.41, 5.74) is 6.70. The van der Waals surface area contributed by atoms with Crippen molar-refractivity contribution in [2.24, 2.45) is 5.73 Å². The van der Waals surface area contributed by atoms with Crippen molar-refractivity contribution in [3.63, 3.8) is 0 Å². The van der Waals surface area contributed by atoms with Crippen LogP contribution >= 0.6 is 0 Å². The summed E-state index contributed by atoms with van der Waals surface area (Å²) < 4.78 is 5.36. The number of unbranched alkanes of at least 4 members (excludes halogenated alkanes) is 5. The molecule has 0 fully saturated rings. The van der Waals surface area contributed by atoms with Crippen LogP contribution in [0, 0.1) is 13.8 Å². The molecule has 2 unspecified atom stereocenters. The molecule has 9 heteroatoms. The Balaban J connectivity index is 3.58. The summed E-state index contributed by atoms with van der Waals surface area (Å²) in [5.74, 6) is -1.65. The first-order valence-electron chi connectivity index (χ1n) is 14.4. The van der Waals surface area contributed by atoms with Crippen LogP contribution < -0.4 is 16.4 Å². The lowest BCUT2D eigenvalue weighted by molar-refractivity contribution is -0.144. The fraction of sp³-hybridized carbons (Fsp3) is 0.677. The minimum absolute atomic E-state index is 0.270. The summed E-state index contributed by atoms with van der Waals surface area (Å²) in [4.78, 5) is 54.2. The molecule has 1 aromatic carbocycles. The van der Waals surface area contributed by atoms with Crippen molar-refractivity contribution in [2.45, 2.75) is 130 Å². The molecule has 0 radical (unpaired) electrons. The Kier molecular flexibility index (Phi) is 13.6. The zero-order chi connectivity index (χ0) is 30.7. The number of ether oxygens (including phenoxy) is 1. The third-order valence-electron chi connectivity index (χ3n) is 6.43. The van der Waals surface area contributed by atoms with E-state index in [-0.39, 0.29) is 12.5 Å². The van der Waals surface area contributed by atoms with Crippen molar-refractivity contribution >= 4 is 23.8 Å². The zero-order valence-electron chi connectivity index (χ0n) is 26.1. The summed E-state index contributed by atoms with van der Waals surface area (Å²) in [6, 6.07) is 3.40. The summed E-state index contributed by atoms with van der Waals surface area (Å²) >= 11 is 0. The lowest BCUT2D eigenvalue weighted by Gasteiger charge is -2.36. The van der Waals surface area contributed by atoms with Gasteiger partial charge < -0.3 is 26.0 Å². The smallest absolute Gasteiger partial charge is 0.408 e. The quantitative estimate of drug-likeness (QED) is 0.269. The van der Waals surface area contributed by atoms with E-state index in [1.54, 1.807) is 20.8 Å². The molecule has 4 amide bonds. The van der Waals surface area contributed by atoms with Crippen molar-refractivity contribution in [2.75, 3.05) is 6.54 Å². The van der Waals surface area contributed by atoms with Crippen LogP contribution in [0.1, 0.15) is 116 Å². The summed E-state index contributed by atoms with van der Waals surface area (Å²) in [6.45, 7) is 17.1. The van der Waals surface area contributed by atoms with Gasteiger partial charge in [0.1, 0.15) is 17.7 Å². The molecule has 1 aromatic rings.